The van der Waals surface area contributed by atoms with Crippen LogP contribution in [-0.4, -0.2) is 31.6 Å². The molecule has 0 saturated heterocycles. The Balaban J connectivity index is 1.48. The van der Waals surface area contributed by atoms with Gasteiger partial charge < -0.3 is 20.7 Å². The van der Waals surface area contributed by atoms with Gasteiger partial charge in [-0.05, 0) is 49.6 Å². The van der Waals surface area contributed by atoms with Crippen molar-refractivity contribution in [2.45, 2.75) is 32.7 Å². The van der Waals surface area contributed by atoms with E-state index in [0.29, 0.717) is 19.7 Å². The summed E-state index contributed by atoms with van der Waals surface area (Å²) < 4.78 is 5.70. The molecule has 0 radical (unpaired) electrons. The van der Waals surface area contributed by atoms with Crippen LogP contribution in [0.3, 0.4) is 0 Å². The molecular weight excluding hydrogens is 364 g/mol. The predicted molar refractivity (Wildman–Crippen MR) is 117 cm³/mol. The maximum absolute atomic E-state index is 12.1. The van der Waals surface area contributed by atoms with Gasteiger partial charge in [-0.2, -0.15) is 0 Å². The minimum atomic E-state index is 0.130. The van der Waals surface area contributed by atoms with E-state index in [1.165, 1.54) is 0 Å². The van der Waals surface area contributed by atoms with Crippen LogP contribution in [0.1, 0.15) is 31.7 Å². The topological polar surface area (TPSA) is 74.8 Å². The van der Waals surface area contributed by atoms with Crippen molar-refractivity contribution in [3.63, 3.8) is 0 Å². The van der Waals surface area contributed by atoms with Crippen LogP contribution < -0.4 is 20.7 Å². The first-order chi connectivity index (χ1) is 14.2. The van der Waals surface area contributed by atoms with Gasteiger partial charge in [-0.1, -0.05) is 36.8 Å². The van der Waals surface area contributed by atoms with Crippen LogP contribution in [-0.2, 0) is 11.3 Å². The molecule has 1 fully saturated rings. The molecule has 3 N–H and O–H groups in total. The van der Waals surface area contributed by atoms with Crippen molar-refractivity contribution >= 4 is 17.6 Å². The first-order valence-electron chi connectivity index (χ1n) is 10.3. The van der Waals surface area contributed by atoms with Crippen molar-refractivity contribution in [1.29, 1.82) is 0 Å². The van der Waals surface area contributed by atoms with Crippen LogP contribution in [0.15, 0.2) is 59.6 Å². The molecule has 0 heterocycles. The van der Waals surface area contributed by atoms with Crippen molar-refractivity contribution in [2.75, 3.05) is 25.0 Å². The zero-order valence-corrected chi connectivity index (χ0v) is 17.0. The Bertz CT molecular complexity index is 804. The highest BCUT2D eigenvalue weighted by atomic mass is 16.5. The number of carbonyl (C=O) groups is 1. The molecule has 0 spiro atoms. The summed E-state index contributed by atoms with van der Waals surface area (Å²) in [5.41, 5.74) is 1.89. The molecular formula is C23H30N4O2. The van der Waals surface area contributed by atoms with E-state index in [9.17, 15) is 4.79 Å². The Morgan fingerprint density at radius 2 is 1.93 bits per heavy atom. The fourth-order valence-corrected chi connectivity index (χ4v) is 3.03. The summed E-state index contributed by atoms with van der Waals surface area (Å²) in [6.45, 7) is 4.55. The lowest BCUT2D eigenvalue weighted by Gasteiger charge is -2.24. The van der Waals surface area contributed by atoms with Gasteiger partial charge in [0.15, 0.2) is 5.96 Å². The molecule has 6 nitrogen and oxygen atoms in total. The van der Waals surface area contributed by atoms with Gasteiger partial charge in [0, 0.05) is 18.2 Å². The van der Waals surface area contributed by atoms with Gasteiger partial charge in [-0.15, -0.1) is 0 Å². The number of para-hydroxylation sites is 1. The summed E-state index contributed by atoms with van der Waals surface area (Å²) in [6.07, 6.45) is 3.16. The van der Waals surface area contributed by atoms with Crippen LogP contribution >= 0.6 is 0 Å². The molecule has 1 amide bonds. The Hall–Kier alpha value is -3.02. The smallest absolute Gasteiger partial charge is 0.227 e. The molecule has 154 valence electrons. The van der Waals surface area contributed by atoms with E-state index in [0.717, 1.165) is 48.8 Å². The van der Waals surface area contributed by atoms with Gasteiger partial charge in [0.1, 0.15) is 12.4 Å². The van der Waals surface area contributed by atoms with Crippen LogP contribution in [0.2, 0.25) is 0 Å². The van der Waals surface area contributed by atoms with Crippen LogP contribution in [0.5, 0.6) is 5.75 Å². The second-order valence-electron chi connectivity index (χ2n) is 7.10. The average Bonchev–Trinajstić information content (AvgIpc) is 2.69. The molecule has 0 aliphatic heterocycles. The van der Waals surface area contributed by atoms with E-state index in [1.807, 2.05) is 61.5 Å². The zero-order chi connectivity index (χ0) is 20.3. The Kier molecular flexibility index (Phi) is 7.92. The summed E-state index contributed by atoms with van der Waals surface area (Å²) >= 11 is 0. The second kappa shape index (κ2) is 11.1. The first kappa shape index (κ1) is 20.7. The van der Waals surface area contributed by atoms with Crippen molar-refractivity contribution in [1.82, 2.24) is 10.6 Å². The monoisotopic (exact) mass is 394 g/mol. The Morgan fingerprint density at radius 1 is 1.10 bits per heavy atom. The molecule has 2 aromatic carbocycles. The summed E-state index contributed by atoms with van der Waals surface area (Å²) in [7, 11) is 0. The third-order valence-electron chi connectivity index (χ3n) is 4.84. The van der Waals surface area contributed by atoms with E-state index < -0.39 is 0 Å². The summed E-state index contributed by atoms with van der Waals surface area (Å²) in [5, 5.41) is 9.54. The van der Waals surface area contributed by atoms with Gasteiger partial charge in [0.05, 0.1) is 13.1 Å². The minimum absolute atomic E-state index is 0.130. The van der Waals surface area contributed by atoms with E-state index in [4.69, 9.17) is 4.74 Å². The summed E-state index contributed by atoms with van der Waals surface area (Å²) in [6, 6.07) is 17.6. The largest absolute Gasteiger partial charge is 0.492 e. The number of anilines is 1. The van der Waals surface area contributed by atoms with Crippen molar-refractivity contribution in [2.24, 2.45) is 10.9 Å². The molecule has 0 unspecified atom stereocenters. The van der Waals surface area contributed by atoms with Crippen LogP contribution in [0, 0.1) is 5.92 Å². The second-order valence-corrected chi connectivity index (χ2v) is 7.10. The maximum atomic E-state index is 12.1. The van der Waals surface area contributed by atoms with E-state index in [-0.39, 0.29) is 11.8 Å². The van der Waals surface area contributed by atoms with Crippen LogP contribution in [0.25, 0.3) is 0 Å². The molecule has 29 heavy (non-hydrogen) atoms. The summed E-state index contributed by atoms with van der Waals surface area (Å²) in [4.78, 5) is 16.8. The molecule has 1 saturated carbocycles. The predicted octanol–water partition coefficient (Wildman–Crippen LogP) is 3.56. The molecule has 0 atom stereocenters. The van der Waals surface area contributed by atoms with Gasteiger partial charge in [0.2, 0.25) is 5.91 Å². The molecule has 1 aliphatic rings. The Morgan fingerprint density at radius 3 is 2.66 bits per heavy atom. The van der Waals surface area contributed by atoms with Crippen molar-refractivity contribution in [3.05, 3.63) is 60.2 Å². The lowest BCUT2D eigenvalue weighted by atomic mass is 9.85. The highest BCUT2D eigenvalue weighted by Gasteiger charge is 2.25. The molecule has 0 aromatic heterocycles. The highest BCUT2D eigenvalue weighted by Crippen LogP contribution is 2.27. The van der Waals surface area contributed by atoms with Gasteiger partial charge >= 0.3 is 0 Å². The lowest BCUT2D eigenvalue weighted by Crippen LogP contribution is -2.39. The molecule has 0 bridgehead atoms. The quantitative estimate of drug-likeness (QED) is 0.345. The molecule has 6 heteroatoms. The number of nitrogens with one attached hydrogen (secondary N) is 3. The number of ether oxygens (including phenoxy) is 1. The number of carbonyl (C=O) groups excluding carboxylic acids is 1. The van der Waals surface area contributed by atoms with Crippen LogP contribution in [0.4, 0.5) is 5.69 Å². The zero-order valence-electron chi connectivity index (χ0n) is 17.0. The van der Waals surface area contributed by atoms with Gasteiger partial charge in [-0.25, -0.2) is 4.99 Å². The van der Waals surface area contributed by atoms with Gasteiger partial charge in [-0.3, -0.25) is 4.79 Å². The fraction of sp³-hybridized carbons (Fsp3) is 0.391. The Labute approximate surface area is 172 Å². The van der Waals surface area contributed by atoms with Gasteiger partial charge in [0.25, 0.3) is 0 Å². The molecule has 2 aromatic rings. The van der Waals surface area contributed by atoms with Crippen molar-refractivity contribution in [3.8, 4) is 5.75 Å². The van der Waals surface area contributed by atoms with Crippen molar-refractivity contribution < 1.29 is 9.53 Å². The van der Waals surface area contributed by atoms with E-state index >= 15 is 0 Å². The number of aliphatic imine (C=N–C) groups is 1. The number of hydrogen-bond acceptors (Lipinski definition) is 3. The fourth-order valence-electron chi connectivity index (χ4n) is 3.03. The molecule has 1 aliphatic carbocycles. The SMILES string of the molecule is CCNC(=NCc1cccc(NC(=O)C2CCC2)c1)NCCOc1ccccc1. The van der Waals surface area contributed by atoms with E-state index in [2.05, 4.69) is 20.9 Å². The number of benzene rings is 2. The number of rotatable bonds is 9. The third kappa shape index (κ3) is 6.82. The normalized spacial score (nSPS) is 14.0. The molecule has 3 rings (SSSR count). The number of hydrogen-bond donors (Lipinski definition) is 3. The third-order valence-corrected chi connectivity index (χ3v) is 4.84. The average molecular weight is 395 g/mol. The van der Waals surface area contributed by atoms with E-state index in [1.54, 1.807) is 0 Å². The highest BCUT2D eigenvalue weighted by molar-refractivity contribution is 5.93. The maximum Gasteiger partial charge on any atom is 0.227 e. The lowest BCUT2D eigenvalue weighted by molar-refractivity contribution is -0.122. The summed E-state index contributed by atoms with van der Waals surface area (Å²) in [5.74, 6) is 1.91. The first-order valence-corrected chi connectivity index (χ1v) is 10.3. The minimum Gasteiger partial charge on any atom is -0.492 e. The standard InChI is InChI=1S/C23H30N4O2/c1-2-24-23(25-14-15-29-21-12-4-3-5-13-21)26-17-18-8-6-11-20(16-18)27-22(28)19-9-7-10-19/h3-6,8,11-13,16,19H,2,7,9-10,14-15,17H2,1H3,(H,27,28)(H2,24,25,26). The number of amides is 1. The number of nitrogens with zero attached hydrogens (tertiary/aromatic N) is 1. The number of guanidine groups is 1.